The van der Waals surface area contributed by atoms with Crippen molar-refractivity contribution in [2.45, 2.75) is 46.0 Å². The van der Waals surface area contributed by atoms with Gasteiger partial charge in [-0.05, 0) is 50.8 Å². The van der Waals surface area contributed by atoms with Crippen LogP contribution in [-0.4, -0.2) is 36.7 Å². The lowest BCUT2D eigenvalue weighted by molar-refractivity contribution is -0.157. The van der Waals surface area contributed by atoms with Crippen LogP contribution in [0, 0.1) is 5.41 Å². The summed E-state index contributed by atoms with van der Waals surface area (Å²) in [7, 11) is 0. The molecule has 1 aliphatic carbocycles. The fraction of sp³-hybridized carbons (Fsp3) is 0.579. The molecule has 138 valence electrons. The first-order chi connectivity index (χ1) is 12.0. The molecule has 1 aromatic rings. The molecule has 2 rings (SSSR count). The van der Waals surface area contributed by atoms with E-state index in [9.17, 15) is 14.7 Å². The Morgan fingerprint density at radius 2 is 1.84 bits per heavy atom. The maximum absolute atomic E-state index is 12.0. The van der Waals surface area contributed by atoms with Crippen molar-refractivity contribution in [2.24, 2.45) is 5.41 Å². The van der Waals surface area contributed by atoms with E-state index < -0.39 is 11.4 Å². The average Bonchev–Trinajstić information content (AvgIpc) is 2.53. The summed E-state index contributed by atoms with van der Waals surface area (Å²) < 4.78 is 11.1. The second-order valence-corrected chi connectivity index (χ2v) is 6.36. The Morgan fingerprint density at radius 1 is 1.16 bits per heavy atom. The highest BCUT2D eigenvalue weighted by Gasteiger charge is 2.45. The Balaban J connectivity index is 1.85. The summed E-state index contributed by atoms with van der Waals surface area (Å²) in [6.07, 6.45) is 2.78. The van der Waals surface area contributed by atoms with Crippen LogP contribution in [0.5, 0.6) is 11.5 Å². The number of benzene rings is 1. The second-order valence-electron chi connectivity index (χ2n) is 6.36. The number of carboxylic acid groups (broad SMARTS) is 1. The van der Waals surface area contributed by atoms with E-state index in [1.165, 1.54) is 0 Å². The number of hydrogen-bond donors (Lipinski definition) is 2. The maximum atomic E-state index is 12.0. The standard InChI is InChI=1S/C19H27NO5/c1-3-24-15-7-6-14(12-16(15)25-4-2)8-11-20-17(21)13-19(18(22)23)9-5-10-19/h6-7,12H,3-5,8-11,13H2,1-2H3,(H,20,21)(H,22,23). The van der Waals surface area contributed by atoms with Gasteiger partial charge >= 0.3 is 5.97 Å². The lowest BCUT2D eigenvalue weighted by Crippen LogP contribution is -2.42. The summed E-state index contributed by atoms with van der Waals surface area (Å²) in [5, 5.41) is 12.1. The lowest BCUT2D eigenvalue weighted by atomic mass is 9.66. The quantitative estimate of drug-likeness (QED) is 0.678. The number of aliphatic carboxylic acids is 1. The van der Waals surface area contributed by atoms with E-state index in [1.54, 1.807) is 0 Å². The molecule has 0 unspecified atom stereocenters. The Morgan fingerprint density at radius 3 is 2.40 bits per heavy atom. The molecule has 6 nitrogen and oxygen atoms in total. The molecule has 1 amide bonds. The van der Waals surface area contributed by atoms with Crippen molar-refractivity contribution in [1.82, 2.24) is 5.32 Å². The van der Waals surface area contributed by atoms with E-state index >= 15 is 0 Å². The van der Waals surface area contributed by atoms with Crippen LogP contribution in [0.15, 0.2) is 18.2 Å². The molecular formula is C19H27NO5. The Labute approximate surface area is 148 Å². The number of nitrogens with one attached hydrogen (secondary N) is 1. The zero-order valence-electron chi connectivity index (χ0n) is 15.0. The number of hydrogen-bond acceptors (Lipinski definition) is 4. The second kappa shape index (κ2) is 8.74. The van der Waals surface area contributed by atoms with Crippen LogP contribution in [0.3, 0.4) is 0 Å². The largest absolute Gasteiger partial charge is 0.490 e. The number of carbonyl (C=O) groups is 2. The first-order valence-corrected chi connectivity index (χ1v) is 8.89. The molecule has 2 N–H and O–H groups in total. The zero-order valence-corrected chi connectivity index (χ0v) is 15.0. The predicted octanol–water partition coefficient (Wildman–Crippen LogP) is 2.79. The van der Waals surface area contributed by atoms with Gasteiger partial charge in [0.1, 0.15) is 0 Å². The number of carbonyl (C=O) groups excluding carboxylic acids is 1. The van der Waals surface area contributed by atoms with E-state index in [0.29, 0.717) is 50.5 Å². The van der Waals surface area contributed by atoms with Gasteiger partial charge in [-0.2, -0.15) is 0 Å². The third-order valence-electron chi connectivity index (χ3n) is 4.61. The van der Waals surface area contributed by atoms with Gasteiger partial charge in [0.05, 0.1) is 18.6 Å². The van der Waals surface area contributed by atoms with Crippen LogP contribution in [0.2, 0.25) is 0 Å². The van der Waals surface area contributed by atoms with Gasteiger partial charge in [-0.15, -0.1) is 0 Å². The van der Waals surface area contributed by atoms with Crippen molar-refractivity contribution in [3.63, 3.8) is 0 Å². The summed E-state index contributed by atoms with van der Waals surface area (Å²) in [6, 6.07) is 5.75. The molecule has 0 saturated heterocycles. The van der Waals surface area contributed by atoms with Crippen molar-refractivity contribution in [3.05, 3.63) is 23.8 Å². The van der Waals surface area contributed by atoms with Crippen LogP contribution in [0.4, 0.5) is 0 Å². The van der Waals surface area contributed by atoms with E-state index in [-0.39, 0.29) is 12.3 Å². The first-order valence-electron chi connectivity index (χ1n) is 8.89. The topological polar surface area (TPSA) is 84.9 Å². The molecule has 0 spiro atoms. The van der Waals surface area contributed by atoms with Gasteiger partial charge in [0, 0.05) is 13.0 Å². The number of rotatable bonds is 10. The third-order valence-corrected chi connectivity index (χ3v) is 4.61. The molecule has 1 aromatic carbocycles. The van der Waals surface area contributed by atoms with E-state index in [1.807, 2.05) is 32.0 Å². The normalized spacial score (nSPS) is 15.1. The van der Waals surface area contributed by atoms with Crippen molar-refractivity contribution in [1.29, 1.82) is 0 Å². The van der Waals surface area contributed by atoms with Crippen molar-refractivity contribution < 1.29 is 24.2 Å². The smallest absolute Gasteiger partial charge is 0.310 e. The third kappa shape index (κ3) is 4.87. The molecule has 0 bridgehead atoms. The molecule has 0 aliphatic heterocycles. The van der Waals surface area contributed by atoms with Crippen LogP contribution in [-0.2, 0) is 16.0 Å². The fourth-order valence-corrected chi connectivity index (χ4v) is 3.04. The molecule has 0 aromatic heterocycles. The predicted molar refractivity (Wildman–Crippen MR) is 94.0 cm³/mol. The SMILES string of the molecule is CCOc1ccc(CCNC(=O)CC2(C(=O)O)CCC2)cc1OCC. The lowest BCUT2D eigenvalue weighted by Gasteiger charge is -2.36. The number of carboxylic acids is 1. The fourth-order valence-electron chi connectivity index (χ4n) is 3.04. The van der Waals surface area contributed by atoms with E-state index in [0.717, 1.165) is 12.0 Å². The van der Waals surface area contributed by atoms with Gasteiger partial charge in [0.2, 0.25) is 5.91 Å². The van der Waals surface area contributed by atoms with Crippen LogP contribution >= 0.6 is 0 Å². The van der Waals surface area contributed by atoms with Crippen molar-refractivity contribution in [2.75, 3.05) is 19.8 Å². The monoisotopic (exact) mass is 349 g/mol. The van der Waals surface area contributed by atoms with Gasteiger partial charge in [-0.1, -0.05) is 12.5 Å². The molecule has 0 heterocycles. The minimum atomic E-state index is -0.859. The van der Waals surface area contributed by atoms with Gasteiger partial charge in [0.25, 0.3) is 0 Å². The molecule has 25 heavy (non-hydrogen) atoms. The Hall–Kier alpha value is -2.24. The van der Waals surface area contributed by atoms with E-state index in [2.05, 4.69) is 5.32 Å². The maximum Gasteiger partial charge on any atom is 0.310 e. The molecule has 1 saturated carbocycles. The average molecular weight is 349 g/mol. The Bertz CT molecular complexity index is 610. The summed E-state index contributed by atoms with van der Waals surface area (Å²) in [5.74, 6) is 0.359. The highest BCUT2D eigenvalue weighted by molar-refractivity contribution is 5.85. The van der Waals surface area contributed by atoms with Gasteiger partial charge in [0.15, 0.2) is 11.5 Å². The highest BCUT2D eigenvalue weighted by atomic mass is 16.5. The summed E-state index contributed by atoms with van der Waals surface area (Å²) in [6.45, 7) is 5.43. The minimum Gasteiger partial charge on any atom is -0.490 e. The first kappa shape index (κ1) is 19.1. The van der Waals surface area contributed by atoms with Crippen LogP contribution in [0.1, 0.15) is 45.1 Å². The molecule has 6 heteroatoms. The summed E-state index contributed by atoms with van der Waals surface area (Å²) >= 11 is 0. The number of ether oxygens (including phenoxy) is 2. The Kier molecular flexibility index (Phi) is 6.67. The molecule has 0 atom stereocenters. The minimum absolute atomic E-state index is 0.0653. The highest BCUT2D eigenvalue weighted by Crippen LogP contribution is 2.44. The van der Waals surface area contributed by atoms with Crippen LogP contribution in [0.25, 0.3) is 0 Å². The van der Waals surface area contributed by atoms with Gasteiger partial charge < -0.3 is 19.9 Å². The molecule has 0 radical (unpaired) electrons. The molecule has 1 fully saturated rings. The van der Waals surface area contributed by atoms with Crippen molar-refractivity contribution in [3.8, 4) is 11.5 Å². The van der Waals surface area contributed by atoms with E-state index in [4.69, 9.17) is 9.47 Å². The van der Waals surface area contributed by atoms with Crippen molar-refractivity contribution >= 4 is 11.9 Å². The van der Waals surface area contributed by atoms with Gasteiger partial charge in [-0.25, -0.2) is 0 Å². The zero-order chi connectivity index (χ0) is 18.3. The number of amides is 1. The molecule has 1 aliphatic rings. The summed E-state index contributed by atoms with van der Waals surface area (Å²) in [4.78, 5) is 23.3. The van der Waals surface area contributed by atoms with Gasteiger partial charge in [-0.3, -0.25) is 9.59 Å². The summed E-state index contributed by atoms with van der Waals surface area (Å²) in [5.41, 5.74) is 0.189. The molecular weight excluding hydrogens is 322 g/mol. The van der Waals surface area contributed by atoms with Crippen LogP contribution < -0.4 is 14.8 Å².